The SMILES string of the molecule is C=CCCCCCSC(=N)N=C(N)N. The molecule has 14 heavy (non-hydrogen) atoms. The number of guanidine groups is 1. The monoisotopic (exact) mass is 214 g/mol. The fraction of sp³-hybridized carbons (Fsp3) is 0.556. The number of hydrogen-bond donors (Lipinski definition) is 3. The number of allylic oxidation sites excluding steroid dienone is 1. The summed E-state index contributed by atoms with van der Waals surface area (Å²) in [5, 5.41) is 7.52. The fourth-order valence-electron chi connectivity index (χ4n) is 0.886. The van der Waals surface area contributed by atoms with Crippen molar-refractivity contribution < 1.29 is 0 Å². The molecule has 0 bridgehead atoms. The molecule has 0 spiro atoms. The van der Waals surface area contributed by atoms with Crippen LogP contribution in [0.5, 0.6) is 0 Å². The van der Waals surface area contributed by atoms with E-state index in [1.54, 1.807) is 0 Å². The van der Waals surface area contributed by atoms with Gasteiger partial charge >= 0.3 is 0 Å². The lowest BCUT2D eigenvalue weighted by Crippen LogP contribution is -2.23. The molecule has 0 radical (unpaired) electrons. The molecule has 80 valence electrons. The standard InChI is InChI=1S/C9H18N4S/c1-2-3-4-5-6-7-14-9(12)13-8(10)11/h2H,1,3-7H2,(H5,10,11,12,13). The molecule has 0 aliphatic rings. The number of nitrogens with one attached hydrogen (secondary N) is 1. The third kappa shape index (κ3) is 9.12. The van der Waals surface area contributed by atoms with E-state index in [-0.39, 0.29) is 11.1 Å². The van der Waals surface area contributed by atoms with E-state index in [1.807, 2.05) is 6.08 Å². The largest absolute Gasteiger partial charge is 0.370 e. The van der Waals surface area contributed by atoms with Crippen molar-refractivity contribution in [1.29, 1.82) is 5.41 Å². The van der Waals surface area contributed by atoms with Crippen molar-refractivity contribution in [3.05, 3.63) is 12.7 Å². The van der Waals surface area contributed by atoms with Crippen LogP contribution in [-0.4, -0.2) is 16.9 Å². The maximum atomic E-state index is 7.33. The van der Waals surface area contributed by atoms with Gasteiger partial charge in [-0.15, -0.1) is 6.58 Å². The van der Waals surface area contributed by atoms with Crippen LogP contribution < -0.4 is 11.5 Å². The van der Waals surface area contributed by atoms with E-state index in [2.05, 4.69) is 11.6 Å². The van der Waals surface area contributed by atoms with Gasteiger partial charge in [-0.3, -0.25) is 5.41 Å². The summed E-state index contributed by atoms with van der Waals surface area (Å²) in [6.45, 7) is 3.65. The zero-order valence-electron chi connectivity index (χ0n) is 8.33. The van der Waals surface area contributed by atoms with Gasteiger partial charge in [-0.05, 0) is 19.3 Å². The molecule has 0 aromatic rings. The van der Waals surface area contributed by atoms with Gasteiger partial charge in [0.25, 0.3) is 0 Å². The Bertz CT molecular complexity index is 209. The fourth-order valence-corrected chi connectivity index (χ4v) is 1.60. The zero-order valence-corrected chi connectivity index (χ0v) is 9.15. The molecule has 0 atom stereocenters. The lowest BCUT2D eigenvalue weighted by atomic mass is 10.2. The summed E-state index contributed by atoms with van der Waals surface area (Å²) in [6, 6.07) is 0. The highest BCUT2D eigenvalue weighted by atomic mass is 32.2. The lowest BCUT2D eigenvalue weighted by molar-refractivity contribution is 0.736. The molecule has 0 amide bonds. The Balaban J connectivity index is 3.32. The lowest BCUT2D eigenvalue weighted by Gasteiger charge is -1.99. The summed E-state index contributed by atoms with van der Waals surface area (Å²) in [5.74, 6) is 0.849. The van der Waals surface area contributed by atoms with E-state index in [0.29, 0.717) is 0 Å². The molecule has 0 heterocycles. The molecule has 0 fully saturated rings. The number of nitrogens with two attached hydrogens (primary N) is 2. The number of thioether (sulfide) groups is 1. The third-order valence-electron chi connectivity index (χ3n) is 1.52. The van der Waals surface area contributed by atoms with E-state index in [9.17, 15) is 0 Å². The van der Waals surface area contributed by atoms with Gasteiger partial charge in [0, 0.05) is 5.75 Å². The minimum atomic E-state index is -0.0471. The van der Waals surface area contributed by atoms with Crippen LogP contribution in [0, 0.1) is 5.41 Å². The van der Waals surface area contributed by atoms with Gasteiger partial charge in [0.05, 0.1) is 0 Å². The summed E-state index contributed by atoms with van der Waals surface area (Å²) >= 11 is 1.37. The van der Waals surface area contributed by atoms with Gasteiger partial charge in [-0.25, -0.2) is 0 Å². The maximum absolute atomic E-state index is 7.33. The summed E-state index contributed by atoms with van der Waals surface area (Å²) in [6.07, 6.45) is 6.40. The van der Waals surface area contributed by atoms with Crippen LogP contribution in [-0.2, 0) is 0 Å². The average Bonchev–Trinajstić information content (AvgIpc) is 2.10. The zero-order chi connectivity index (χ0) is 10.8. The Labute approximate surface area is 89.4 Å². The Morgan fingerprint density at radius 3 is 2.64 bits per heavy atom. The highest BCUT2D eigenvalue weighted by Crippen LogP contribution is 2.09. The molecule has 5 N–H and O–H groups in total. The minimum Gasteiger partial charge on any atom is -0.370 e. The quantitative estimate of drug-likeness (QED) is 0.272. The van der Waals surface area contributed by atoms with E-state index < -0.39 is 0 Å². The van der Waals surface area contributed by atoms with Crippen molar-refractivity contribution in [2.24, 2.45) is 16.5 Å². The van der Waals surface area contributed by atoms with Crippen LogP contribution in [0.2, 0.25) is 0 Å². The molecule has 5 heteroatoms. The van der Waals surface area contributed by atoms with Crippen molar-refractivity contribution in [3.63, 3.8) is 0 Å². The van der Waals surface area contributed by atoms with E-state index in [0.717, 1.165) is 25.0 Å². The first-order valence-corrected chi connectivity index (χ1v) is 5.57. The molecule has 0 saturated carbocycles. The normalized spacial score (nSPS) is 9.43. The van der Waals surface area contributed by atoms with Crippen LogP contribution in [0.4, 0.5) is 0 Å². The number of amidine groups is 1. The Kier molecular flexibility index (Phi) is 8.02. The second kappa shape index (κ2) is 8.62. The molecule has 0 saturated heterocycles. The first kappa shape index (κ1) is 13.0. The number of aliphatic imine (C=N–C) groups is 1. The van der Waals surface area contributed by atoms with Gasteiger partial charge in [-0.1, -0.05) is 24.3 Å². The smallest absolute Gasteiger partial charge is 0.193 e. The summed E-state index contributed by atoms with van der Waals surface area (Å²) in [5.41, 5.74) is 10.3. The van der Waals surface area contributed by atoms with Crippen molar-refractivity contribution in [2.45, 2.75) is 25.7 Å². The summed E-state index contributed by atoms with van der Waals surface area (Å²) in [7, 11) is 0. The highest BCUT2D eigenvalue weighted by molar-refractivity contribution is 8.13. The van der Waals surface area contributed by atoms with Gasteiger partial charge in [-0.2, -0.15) is 4.99 Å². The Morgan fingerprint density at radius 2 is 2.07 bits per heavy atom. The molecular weight excluding hydrogens is 196 g/mol. The van der Waals surface area contributed by atoms with Crippen LogP contribution in [0.3, 0.4) is 0 Å². The average molecular weight is 214 g/mol. The maximum Gasteiger partial charge on any atom is 0.193 e. The second-order valence-electron chi connectivity index (χ2n) is 2.83. The van der Waals surface area contributed by atoms with Gasteiger partial charge < -0.3 is 11.5 Å². The van der Waals surface area contributed by atoms with Gasteiger partial charge in [0.15, 0.2) is 11.1 Å². The van der Waals surface area contributed by atoms with Crippen molar-refractivity contribution in [3.8, 4) is 0 Å². The van der Waals surface area contributed by atoms with Crippen molar-refractivity contribution >= 4 is 22.9 Å². The molecule has 0 aliphatic carbocycles. The Hall–Kier alpha value is -0.970. The predicted octanol–water partition coefficient (Wildman–Crippen LogP) is 1.67. The minimum absolute atomic E-state index is 0.0471. The predicted molar refractivity (Wildman–Crippen MR) is 64.7 cm³/mol. The van der Waals surface area contributed by atoms with Crippen LogP contribution in [0.15, 0.2) is 17.6 Å². The van der Waals surface area contributed by atoms with Gasteiger partial charge in [0.1, 0.15) is 0 Å². The Morgan fingerprint density at radius 1 is 1.36 bits per heavy atom. The number of unbranched alkanes of at least 4 members (excludes halogenated alkanes) is 3. The summed E-state index contributed by atoms with van der Waals surface area (Å²) in [4.78, 5) is 3.61. The molecule has 0 aromatic carbocycles. The molecule has 0 aliphatic heterocycles. The van der Waals surface area contributed by atoms with E-state index in [1.165, 1.54) is 18.2 Å². The van der Waals surface area contributed by atoms with Crippen molar-refractivity contribution in [1.82, 2.24) is 0 Å². The molecular formula is C9H18N4S. The topological polar surface area (TPSA) is 88.2 Å². The first-order valence-electron chi connectivity index (χ1n) is 4.58. The summed E-state index contributed by atoms with van der Waals surface area (Å²) < 4.78 is 0. The first-order chi connectivity index (χ1) is 6.66. The van der Waals surface area contributed by atoms with Crippen LogP contribution in [0.25, 0.3) is 0 Å². The van der Waals surface area contributed by atoms with Crippen LogP contribution >= 0.6 is 11.8 Å². The van der Waals surface area contributed by atoms with E-state index >= 15 is 0 Å². The number of hydrogen-bond acceptors (Lipinski definition) is 2. The molecule has 0 rings (SSSR count). The number of rotatable bonds is 6. The molecule has 4 nitrogen and oxygen atoms in total. The highest BCUT2D eigenvalue weighted by Gasteiger charge is 1.95. The van der Waals surface area contributed by atoms with E-state index in [4.69, 9.17) is 16.9 Å². The second-order valence-corrected chi connectivity index (χ2v) is 3.91. The van der Waals surface area contributed by atoms with Crippen LogP contribution in [0.1, 0.15) is 25.7 Å². The number of nitrogens with zero attached hydrogens (tertiary/aromatic N) is 1. The van der Waals surface area contributed by atoms with Gasteiger partial charge in [0.2, 0.25) is 0 Å². The molecule has 0 aromatic heterocycles. The third-order valence-corrected chi connectivity index (χ3v) is 2.38. The molecule has 0 unspecified atom stereocenters. The van der Waals surface area contributed by atoms with Crippen molar-refractivity contribution in [2.75, 3.05) is 5.75 Å².